The first-order valence-corrected chi connectivity index (χ1v) is 8.28. The van der Waals surface area contributed by atoms with Crippen molar-refractivity contribution in [3.63, 3.8) is 0 Å². The normalized spacial score (nSPS) is 10.0. The third kappa shape index (κ3) is 8.82. The summed E-state index contributed by atoms with van der Waals surface area (Å²) in [7, 11) is 4.15. The van der Waals surface area contributed by atoms with Crippen LogP contribution in [0.4, 0.5) is 4.79 Å². The first-order chi connectivity index (χ1) is 12.8. The molecule has 0 spiro atoms. The molecule has 0 atom stereocenters. The summed E-state index contributed by atoms with van der Waals surface area (Å²) in [6.45, 7) is -0.400. The molecule has 0 aliphatic carbocycles. The molecule has 1 rings (SSSR count). The number of carbonyl (C=O) groups excluding carboxylic acids is 4. The molecule has 0 aliphatic rings. The number of nitrogens with zero attached hydrogens (tertiary/aromatic N) is 2. The Hall–Kier alpha value is -2.94. The van der Waals surface area contributed by atoms with Gasteiger partial charge in [-0.1, -0.05) is 30.3 Å². The molecule has 148 valence electrons. The van der Waals surface area contributed by atoms with E-state index in [4.69, 9.17) is 4.74 Å². The van der Waals surface area contributed by atoms with Gasteiger partial charge < -0.3 is 19.3 Å². The molecule has 9 nitrogen and oxygen atoms in total. The highest BCUT2D eigenvalue weighted by molar-refractivity contribution is 5.89. The Morgan fingerprint density at radius 3 is 2.26 bits per heavy atom. The second-order valence-electron chi connectivity index (χ2n) is 5.86. The number of carbonyl (C=O) groups is 4. The smallest absolute Gasteiger partial charge is 0.410 e. The molecule has 0 unspecified atom stereocenters. The van der Waals surface area contributed by atoms with E-state index >= 15 is 0 Å². The van der Waals surface area contributed by atoms with Gasteiger partial charge in [-0.15, -0.1) is 0 Å². The minimum atomic E-state index is -0.633. The summed E-state index contributed by atoms with van der Waals surface area (Å²) in [6, 6.07) is 9.18. The van der Waals surface area contributed by atoms with E-state index in [2.05, 4.69) is 10.1 Å². The topological polar surface area (TPSA) is 105 Å². The molecule has 0 heterocycles. The molecule has 0 saturated heterocycles. The largest absolute Gasteiger partial charge is 0.468 e. The zero-order valence-corrected chi connectivity index (χ0v) is 15.8. The summed E-state index contributed by atoms with van der Waals surface area (Å²) in [5.41, 5.74) is 0.841. The van der Waals surface area contributed by atoms with Crippen LogP contribution in [-0.2, 0) is 30.5 Å². The lowest BCUT2D eigenvalue weighted by atomic mass is 10.2. The Kier molecular flexibility index (Phi) is 9.52. The minimum absolute atomic E-state index is 0.0678. The van der Waals surface area contributed by atoms with Gasteiger partial charge in [-0.3, -0.25) is 19.7 Å². The summed E-state index contributed by atoms with van der Waals surface area (Å²) in [6.07, 6.45) is -0.633. The van der Waals surface area contributed by atoms with Gasteiger partial charge in [-0.25, -0.2) is 4.79 Å². The van der Waals surface area contributed by atoms with E-state index in [0.717, 1.165) is 10.5 Å². The van der Waals surface area contributed by atoms with Crippen molar-refractivity contribution in [1.82, 2.24) is 15.1 Å². The quantitative estimate of drug-likeness (QED) is 0.573. The van der Waals surface area contributed by atoms with Gasteiger partial charge in [0.05, 0.1) is 26.7 Å². The van der Waals surface area contributed by atoms with Crippen LogP contribution in [-0.4, -0.2) is 80.9 Å². The van der Waals surface area contributed by atoms with E-state index in [9.17, 15) is 19.2 Å². The number of benzene rings is 1. The van der Waals surface area contributed by atoms with Crippen LogP contribution >= 0.6 is 0 Å². The maximum absolute atomic E-state index is 12.1. The number of ketones is 1. The van der Waals surface area contributed by atoms with Gasteiger partial charge in [0.25, 0.3) is 0 Å². The lowest BCUT2D eigenvalue weighted by molar-refractivity contribution is -0.139. The summed E-state index contributed by atoms with van der Waals surface area (Å²) < 4.78 is 9.57. The van der Waals surface area contributed by atoms with E-state index in [1.807, 2.05) is 30.3 Å². The molecule has 0 aliphatic heterocycles. The Labute approximate surface area is 158 Å². The maximum Gasteiger partial charge on any atom is 0.410 e. The van der Waals surface area contributed by atoms with Crippen LogP contribution in [0, 0.1) is 0 Å². The molecule has 0 bridgehead atoms. The van der Waals surface area contributed by atoms with Crippen molar-refractivity contribution >= 4 is 23.8 Å². The van der Waals surface area contributed by atoms with Crippen LogP contribution in [0.5, 0.6) is 0 Å². The molecule has 0 aromatic heterocycles. The standard InChI is InChI=1S/C18H25N3O6/c1-20(11-15(22)9-19-10-17(24)26-3)16(23)12-21(2)18(25)27-13-14-7-5-4-6-8-14/h4-8,19H,9-13H2,1-3H3. The van der Waals surface area contributed by atoms with Crippen LogP contribution in [0.15, 0.2) is 30.3 Å². The van der Waals surface area contributed by atoms with Gasteiger partial charge >= 0.3 is 12.1 Å². The van der Waals surface area contributed by atoms with Crippen molar-refractivity contribution in [2.45, 2.75) is 6.61 Å². The number of esters is 1. The van der Waals surface area contributed by atoms with E-state index in [1.54, 1.807) is 0 Å². The third-order valence-electron chi connectivity index (χ3n) is 3.55. The highest BCUT2D eigenvalue weighted by Gasteiger charge is 2.18. The van der Waals surface area contributed by atoms with Crippen LogP contribution in [0.1, 0.15) is 5.56 Å². The number of Topliss-reactive ketones (excluding diaryl/α,β-unsaturated/α-hetero) is 1. The van der Waals surface area contributed by atoms with Crippen molar-refractivity contribution in [2.24, 2.45) is 0 Å². The predicted octanol–water partition coefficient (Wildman–Crippen LogP) is 0.0451. The van der Waals surface area contributed by atoms with Gasteiger partial charge in [0.2, 0.25) is 5.91 Å². The third-order valence-corrected chi connectivity index (χ3v) is 3.55. The summed E-state index contributed by atoms with van der Waals surface area (Å²) >= 11 is 0. The molecule has 1 aromatic carbocycles. The fourth-order valence-electron chi connectivity index (χ4n) is 2.00. The molecule has 1 N–H and O–H groups in total. The summed E-state index contributed by atoms with van der Waals surface area (Å²) in [4.78, 5) is 49.2. The molecular weight excluding hydrogens is 354 g/mol. The number of nitrogens with one attached hydrogen (secondary N) is 1. The van der Waals surface area contributed by atoms with Gasteiger partial charge in [0, 0.05) is 14.1 Å². The molecule has 27 heavy (non-hydrogen) atoms. The highest BCUT2D eigenvalue weighted by Crippen LogP contribution is 2.02. The van der Waals surface area contributed by atoms with Crippen molar-refractivity contribution in [1.29, 1.82) is 0 Å². The van der Waals surface area contributed by atoms with Crippen LogP contribution in [0.2, 0.25) is 0 Å². The number of ether oxygens (including phenoxy) is 2. The number of hydrogen-bond donors (Lipinski definition) is 1. The monoisotopic (exact) mass is 379 g/mol. The lowest BCUT2D eigenvalue weighted by Crippen LogP contribution is -2.43. The fourth-order valence-corrected chi connectivity index (χ4v) is 2.00. The Morgan fingerprint density at radius 1 is 0.963 bits per heavy atom. The summed E-state index contributed by atoms with van der Waals surface area (Å²) in [5, 5.41) is 2.62. The zero-order chi connectivity index (χ0) is 20.2. The maximum atomic E-state index is 12.1. The van der Waals surface area contributed by atoms with Gasteiger partial charge in [-0.2, -0.15) is 0 Å². The second-order valence-corrected chi connectivity index (χ2v) is 5.86. The van der Waals surface area contributed by atoms with Gasteiger partial charge in [0.15, 0.2) is 5.78 Å². The zero-order valence-electron chi connectivity index (χ0n) is 15.8. The second kappa shape index (κ2) is 11.6. The fraction of sp³-hybridized carbons (Fsp3) is 0.444. The molecule has 0 radical (unpaired) electrons. The number of amides is 2. The average molecular weight is 379 g/mol. The number of rotatable bonds is 10. The van der Waals surface area contributed by atoms with Crippen LogP contribution < -0.4 is 5.32 Å². The molecule has 1 aromatic rings. The first kappa shape index (κ1) is 22.1. The van der Waals surface area contributed by atoms with E-state index in [-0.39, 0.29) is 38.6 Å². The molecular formula is C18H25N3O6. The number of likely N-dealkylation sites (N-methyl/N-ethyl adjacent to an activating group) is 2. The van der Waals surface area contributed by atoms with E-state index in [0.29, 0.717) is 0 Å². The first-order valence-electron chi connectivity index (χ1n) is 8.28. The molecule has 9 heteroatoms. The number of hydrogen-bond acceptors (Lipinski definition) is 7. The predicted molar refractivity (Wildman–Crippen MR) is 96.8 cm³/mol. The van der Waals surface area contributed by atoms with Crippen molar-refractivity contribution in [3.05, 3.63) is 35.9 Å². The molecule has 0 fully saturated rings. The molecule has 2 amide bonds. The average Bonchev–Trinajstić information content (AvgIpc) is 2.66. The highest BCUT2D eigenvalue weighted by atomic mass is 16.6. The van der Waals surface area contributed by atoms with Crippen LogP contribution in [0.3, 0.4) is 0 Å². The molecule has 0 saturated carbocycles. The van der Waals surface area contributed by atoms with Gasteiger partial charge in [0.1, 0.15) is 13.2 Å². The Morgan fingerprint density at radius 2 is 1.63 bits per heavy atom. The lowest BCUT2D eigenvalue weighted by Gasteiger charge is -2.21. The van der Waals surface area contributed by atoms with Crippen molar-refractivity contribution < 1.29 is 28.7 Å². The minimum Gasteiger partial charge on any atom is -0.468 e. The Bertz CT molecular complexity index is 650. The summed E-state index contributed by atoms with van der Waals surface area (Å²) in [5.74, 6) is -1.16. The van der Waals surface area contributed by atoms with Crippen molar-refractivity contribution in [3.8, 4) is 0 Å². The van der Waals surface area contributed by atoms with E-state index < -0.39 is 18.0 Å². The SMILES string of the molecule is COC(=O)CNCC(=O)CN(C)C(=O)CN(C)C(=O)OCc1ccccc1. The van der Waals surface area contributed by atoms with E-state index in [1.165, 1.54) is 26.1 Å². The van der Waals surface area contributed by atoms with Crippen LogP contribution in [0.25, 0.3) is 0 Å². The van der Waals surface area contributed by atoms with Gasteiger partial charge in [-0.05, 0) is 5.56 Å². The van der Waals surface area contributed by atoms with Crippen molar-refractivity contribution in [2.75, 3.05) is 47.4 Å². The number of methoxy groups -OCH3 is 1. The Balaban J connectivity index is 2.32.